The Morgan fingerprint density at radius 2 is 2.24 bits per heavy atom. The molecule has 1 atom stereocenters. The fraction of sp³-hybridized carbons (Fsp3) is 0.357. The molecule has 0 aliphatic heterocycles. The molecule has 0 unspecified atom stereocenters. The third kappa shape index (κ3) is 3.19. The molecule has 0 aliphatic carbocycles. The molecule has 112 valence electrons. The lowest BCUT2D eigenvalue weighted by atomic mass is 10.2. The first kappa shape index (κ1) is 15.0. The zero-order valence-corrected chi connectivity index (χ0v) is 11.9. The number of methoxy groups -OCH3 is 1. The van der Waals surface area contributed by atoms with E-state index in [4.69, 9.17) is 15.2 Å². The summed E-state index contributed by atoms with van der Waals surface area (Å²) in [5, 5.41) is 0.375. The Hall–Kier alpha value is -2.41. The number of rotatable bonds is 6. The van der Waals surface area contributed by atoms with Crippen molar-refractivity contribution in [2.45, 2.75) is 13.0 Å². The van der Waals surface area contributed by atoms with Gasteiger partial charge in [0.1, 0.15) is 18.4 Å². The van der Waals surface area contributed by atoms with Gasteiger partial charge in [-0.15, -0.1) is 0 Å². The molecule has 7 nitrogen and oxygen atoms in total. The highest BCUT2D eigenvalue weighted by Crippen LogP contribution is 2.16. The molecule has 0 bridgehead atoms. The van der Waals surface area contributed by atoms with E-state index in [9.17, 15) is 9.59 Å². The highest BCUT2D eigenvalue weighted by molar-refractivity contribution is 5.81. The maximum Gasteiger partial charge on any atom is 0.260 e. The second-order valence-corrected chi connectivity index (χ2v) is 4.55. The van der Waals surface area contributed by atoms with Crippen molar-refractivity contribution < 1.29 is 14.3 Å². The second-order valence-electron chi connectivity index (χ2n) is 4.55. The van der Waals surface area contributed by atoms with Crippen LogP contribution in [0.15, 0.2) is 29.3 Å². The smallest absolute Gasteiger partial charge is 0.260 e. The summed E-state index contributed by atoms with van der Waals surface area (Å²) in [7, 11) is 1.58. The number of nitrogens with zero attached hydrogens (tertiary/aromatic N) is 2. The van der Waals surface area contributed by atoms with Crippen LogP contribution in [0.3, 0.4) is 0 Å². The van der Waals surface area contributed by atoms with Crippen LogP contribution >= 0.6 is 0 Å². The summed E-state index contributed by atoms with van der Waals surface area (Å²) in [5.41, 5.74) is 5.44. The quantitative estimate of drug-likeness (QED) is 0.780. The van der Waals surface area contributed by atoms with Gasteiger partial charge in [0.25, 0.3) is 5.56 Å². The first-order chi connectivity index (χ1) is 10.0. The van der Waals surface area contributed by atoms with Crippen molar-refractivity contribution in [2.24, 2.45) is 5.73 Å². The predicted octanol–water partition coefficient (Wildman–Crippen LogP) is 0.468. The Balaban J connectivity index is 2.42. The number of hydrogen-bond acceptors (Lipinski definition) is 5. The van der Waals surface area contributed by atoms with Crippen LogP contribution in [0, 0.1) is 0 Å². The van der Waals surface area contributed by atoms with E-state index in [1.807, 2.05) is 0 Å². The van der Waals surface area contributed by atoms with Crippen LogP contribution in [0.2, 0.25) is 0 Å². The van der Waals surface area contributed by atoms with Crippen LogP contribution in [0.4, 0.5) is 0 Å². The summed E-state index contributed by atoms with van der Waals surface area (Å²) >= 11 is 0. The number of primary amides is 1. The highest BCUT2D eigenvalue weighted by atomic mass is 16.5. The number of hydrogen-bond donors (Lipinski definition) is 1. The summed E-state index contributed by atoms with van der Waals surface area (Å²) < 4.78 is 11.6. The lowest BCUT2D eigenvalue weighted by Crippen LogP contribution is -2.31. The van der Waals surface area contributed by atoms with Crippen LogP contribution in [-0.2, 0) is 9.53 Å². The molecule has 1 amide bonds. The van der Waals surface area contributed by atoms with E-state index < -0.39 is 11.9 Å². The number of nitrogens with two attached hydrogens (primary N) is 1. The Bertz CT molecular complexity index is 711. The van der Waals surface area contributed by atoms with E-state index in [1.54, 1.807) is 32.4 Å². The molecule has 0 saturated carbocycles. The molecular weight excluding hydrogens is 274 g/mol. The summed E-state index contributed by atoms with van der Waals surface area (Å²) in [5.74, 6) is -0.0990. The van der Waals surface area contributed by atoms with E-state index in [1.165, 1.54) is 10.8 Å². The second kappa shape index (κ2) is 6.36. The van der Waals surface area contributed by atoms with Gasteiger partial charge in [-0.25, -0.2) is 0 Å². The van der Waals surface area contributed by atoms with Gasteiger partial charge in [0.2, 0.25) is 5.91 Å². The van der Waals surface area contributed by atoms with E-state index in [2.05, 4.69) is 4.98 Å². The molecule has 0 spiro atoms. The van der Waals surface area contributed by atoms with Gasteiger partial charge in [0, 0.05) is 13.3 Å². The standard InChI is InChI=1S/C14H17N3O4/c1-9(13(15)18)17-4-3-12-11(14(17)19)7-10(8-16-12)21-6-5-20-2/h3-4,7-9H,5-6H2,1-2H3,(H2,15,18)/t9-/m1/s1. The van der Waals surface area contributed by atoms with Crippen LogP contribution in [0.1, 0.15) is 13.0 Å². The minimum Gasteiger partial charge on any atom is -0.490 e. The molecule has 0 fully saturated rings. The molecule has 7 heteroatoms. The van der Waals surface area contributed by atoms with Gasteiger partial charge >= 0.3 is 0 Å². The van der Waals surface area contributed by atoms with Crippen LogP contribution < -0.4 is 16.0 Å². The minimum atomic E-state index is -0.722. The number of aromatic nitrogens is 2. The third-order valence-corrected chi connectivity index (χ3v) is 3.14. The van der Waals surface area contributed by atoms with Crippen LogP contribution in [0.25, 0.3) is 10.9 Å². The van der Waals surface area contributed by atoms with Crippen LogP contribution in [-0.4, -0.2) is 35.8 Å². The molecule has 0 saturated heterocycles. The number of carbonyl (C=O) groups is 1. The van der Waals surface area contributed by atoms with E-state index in [0.29, 0.717) is 29.9 Å². The SMILES string of the molecule is COCCOc1cnc2ccn([C@H](C)C(N)=O)c(=O)c2c1. The Morgan fingerprint density at radius 3 is 2.90 bits per heavy atom. The van der Waals surface area contributed by atoms with Crippen molar-refractivity contribution in [1.82, 2.24) is 9.55 Å². The molecule has 2 aromatic heterocycles. The molecule has 0 aliphatic rings. The molecule has 2 heterocycles. The topological polar surface area (TPSA) is 96.4 Å². The zero-order valence-electron chi connectivity index (χ0n) is 11.9. The average Bonchev–Trinajstić information content (AvgIpc) is 2.47. The lowest BCUT2D eigenvalue weighted by molar-refractivity contribution is -0.120. The number of amides is 1. The number of fused-ring (bicyclic) bond motifs is 1. The van der Waals surface area contributed by atoms with Crippen molar-refractivity contribution in [3.63, 3.8) is 0 Å². The van der Waals surface area contributed by atoms with Gasteiger partial charge in [-0.2, -0.15) is 0 Å². The predicted molar refractivity (Wildman–Crippen MR) is 77.3 cm³/mol. The Kier molecular flexibility index (Phi) is 4.54. The first-order valence-corrected chi connectivity index (χ1v) is 6.46. The first-order valence-electron chi connectivity index (χ1n) is 6.46. The van der Waals surface area contributed by atoms with Gasteiger partial charge in [0.05, 0.1) is 23.7 Å². The zero-order chi connectivity index (χ0) is 15.4. The van der Waals surface area contributed by atoms with Crippen LogP contribution in [0.5, 0.6) is 5.75 Å². The fourth-order valence-electron chi connectivity index (χ4n) is 1.88. The van der Waals surface area contributed by atoms with Gasteiger partial charge in [-0.1, -0.05) is 0 Å². The number of carbonyl (C=O) groups excluding carboxylic acids is 1. The van der Waals surface area contributed by atoms with Gasteiger partial charge < -0.3 is 19.8 Å². The normalized spacial score (nSPS) is 12.3. The summed E-state index contributed by atoms with van der Waals surface area (Å²) in [6.45, 7) is 2.38. The molecule has 2 rings (SSSR count). The molecular formula is C14H17N3O4. The van der Waals surface area contributed by atoms with E-state index >= 15 is 0 Å². The number of pyridine rings is 2. The Labute approximate surface area is 121 Å². The molecule has 2 N–H and O–H groups in total. The Morgan fingerprint density at radius 1 is 1.48 bits per heavy atom. The van der Waals surface area contributed by atoms with Crippen molar-refractivity contribution in [1.29, 1.82) is 0 Å². The lowest BCUT2D eigenvalue weighted by Gasteiger charge is -2.12. The maximum absolute atomic E-state index is 12.4. The number of ether oxygens (including phenoxy) is 2. The highest BCUT2D eigenvalue weighted by Gasteiger charge is 2.14. The van der Waals surface area contributed by atoms with E-state index in [-0.39, 0.29) is 5.56 Å². The largest absolute Gasteiger partial charge is 0.490 e. The monoisotopic (exact) mass is 291 g/mol. The molecule has 0 radical (unpaired) electrons. The molecule has 2 aromatic rings. The fourth-order valence-corrected chi connectivity index (χ4v) is 1.88. The summed E-state index contributed by atoms with van der Waals surface area (Å²) in [6.07, 6.45) is 3.05. The average molecular weight is 291 g/mol. The van der Waals surface area contributed by atoms with Gasteiger partial charge in [-0.3, -0.25) is 14.6 Å². The van der Waals surface area contributed by atoms with Gasteiger partial charge in [-0.05, 0) is 19.1 Å². The van der Waals surface area contributed by atoms with E-state index in [0.717, 1.165) is 0 Å². The van der Waals surface area contributed by atoms with Crippen molar-refractivity contribution in [3.05, 3.63) is 34.9 Å². The van der Waals surface area contributed by atoms with Crippen molar-refractivity contribution in [3.8, 4) is 5.75 Å². The molecule has 21 heavy (non-hydrogen) atoms. The molecule has 0 aromatic carbocycles. The summed E-state index contributed by atoms with van der Waals surface area (Å²) in [6, 6.07) is 2.54. The van der Waals surface area contributed by atoms with Crippen molar-refractivity contribution >= 4 is 16.8 Å². The van der Waals surface area contributed by atoms with Crippen molar-refractivity contribution in [2.75, 3.05) is 20.3 Å². The third-order valence-electron chi connectivity index (χ3n) is 3.14. The van der Waals surface area contributed by atoms with Gasteiger partial charge in [0.15, 0.2) is 0 Å². The minimum absolute atomic E-state index is 0.330. The maximum atomic E-state index is 12.4. The summed E-state index contributed by atoms with van der Waals surface area (Å²) in [4.78, 5) is 27.8.